The van der Waals surface area contributed by atoms with Crippen molar-refractivity contribution >= 4 is 5.97 Å². The number of nitrogens with zero attached hydrogens (tertiary/aromatic N) is 3. The van der Waals surface area contributed by atoms with E-state index in [2.05, 4.69) is 10.3 Å². The van der Waals surface area contributed by atoms with Gasteiger partial charge in [0.15, 0.2) is 0 Å². The minimum Gasteiger partial charge on any atom is -0.481 e. The second-order valence-electron chi connectivity index (χ2n) is 5.69. The molecule has 2 unspecified atom stereocenters. The van der Waals surface area contributed by atoms with Gasteiger partial charge in [-0.1, -0.05) is 5.21 Å². The van der Waals surface area contributed by atoms with Crippen LogP contribution in [0.5, 0.6) is 0 Å². The maximum absolute atomic E-state index is 13.0. The van der Waals surface area contributed by atoms with E-state index in [9.17, 15) is 19.4 Å². The molecule has 24 heavy (non-hydrogen) atoms. The smallest absolute Gasteiger partial charge is 0.305 e. The van der Waals surface area contributed by atoms with Gasteiger partial charge in [-0.25, -0.2) is 9.07 Å². The molecule has 0 aliphatic rings. The van der Waals surface area contributed by atoms with Crippen molar-refractivity contribution in [1.82, 2.24) is 15.0 Å². The minimum atomic E-state index is -1.11. The first-order chi connectivity index (χ1) is 11.4. The molecule has 2 rings (SSSR count). The standard InChI is InChI=1S/C16H20FN3O4/c1-10-15(7-6-13(21)8-14(22)9-16(23)24)20(19-18-10)12-4-2-11(17)3-5-12/h2-5,13-14,21-22H,6-9H2,1H3,(H,23,24). The number of rotatable bonds is 8. The molecule has 0 bridgehead atoms. The average Bonchev–Trinajstić information content (AvgIpc) is 2.86. The Labute approximate surface area is 138 Å². The molecule has 3 N–H and O–H groups in total. The van der Waals surface area contributed by atoms with Crippen molar-refractivity contribution in [2.45, 2.75) is 44.8 Å². The van der Waals surface area contributed by atoms with Gasteiger partial charge in [-0.2, -0.15) is 0 Å². The van der Waals surface area contributed by atoms with Crippen molar-refractivity contribution in [3.8, 4) is 5.69 Å². The molecule has 0 saturated carbocycles. The summed E-state index contributed by atoms with van der Waals surface area (Å²) in [6.45, 7) is 1.79. The number of benzene rings is 1. The van der Waals surface area contributed by atoms with E-state index in [1.54, 1.807) is 23.7 Å². The lowest BCUT2D eigenvalue weighted by Crippen LogP contribution is -2.21. The van der Waals surface area contributed by atoms with E-state index >= 15 is 0 Å². The van der Waals surface area contributed by atoms with Crippen LogP contribution in [0.1, 0.15) is 30.7 Å². The molecule has 0 saturated heterocycles. The third kappa shape index (κ3) is 4.84. The van der Waals surface area contributed by atoms with Gasteiger partial charge in [0.05, 0.1) is 35.7 Å². The molecule has 1 aromatic carbocycles. The highest BCUT2D eigenvalue weighted by molar-refractivity contribution is 5.67. The topological polar surface area (TPSA) is 108 Å². The summed E-state index contributed by atoms with van der Waals surface area (Å²) < 4.78 is 14.6. The third-order valence-electron chi connectivity index (χ3n) is 3.70. The number of carboxylic acid groups (broad SMARTS) is 1. The van der Waals surface area contributed by atoms with Crippen LogP contribution >= 0.6 is 0 Å². The van der Waals surface area contributed by atoms with Crippen LogP contribution in [0, 0.1) is 12.7 Å². The van der Waals surface area contributed by atoms with E-state index in [0.717, 1.165) is 5.69 Å². The van der Waals surface area contributed by atoms with Crippen molar-refractivity contribution in [1.29, 1.82) is 0 Å². The molecule has 8 heteroatoms. The van der Waals surface area contributed by atoms with E-state index < -0.39 is 24.6 Å². The molecule has 0 spiro atoms. The lowest BCUT2D eigenvalue weighted by molar-refractivity contribution is -0.139. The minimum absolute atomic E-state index is 0.0105. The fourth-order valence-corrected chi connectivity index (χ4v) is 2.47. The summed E-state index contributed by atoms with van der Waals surface area (Å²) in [5, 5.41) is 36.2. The van der Waals surface area contributed by atoms with Gasteiger partial charge >= 0.3 is 5.97 Å². The van der Waals surface area contributed by atoms with Crippen LogP contribution in [0.3, 0.4) is 0 Å². The number of aliphatic hydroxyl groups is 2. The summed E-state index contributed by atoms with van der Waals surface area (Å²) in [7, 11) is 0. The Morgan fingerprint density at radius 2 is 1.92 bits per heavy atom. The fraction of sp³-hybridized carbons (Fsp3) is 0.438. The van der Waals surface area contributed by atoms with Gasteiger partial charge in [0.2, 0.25) is 0 Å². The van der Waals surface area contributed by atoms with Crippen LogP contribution in [0.15, 0.2) is 24.3 Å². The van der Waals surface area contributed by atoms with Crippen LogP contribution in [-0.2, 0) is 11.2 Å². The number of halogens is 1. The molecule has 0 radical (unpaired) electrons. The highest BCUT2D eigenvalue weighted by Crippen LogP contribution is 2.17. The van der Waals surface area contributed by atoms with Gasteiger partial charge in [-0.15, -0.1) is 5.10 Å². The maximum Gasteiger partial charge on any atom is 0.305 e. The molecule has 7 nitrogen and oxygen atoms in total. The number of hydrogen-bond donors (Lipinski definition) is 3. The number of aryl methyl sites for hydroxylation is 1. The predicted molar refractivity (Wildman–Crippen MR) is 83.3 cm³/mol. The largest absolute Gasteiger partial charge is 0.481 e. The number of aromatic nitrogens is 3. The van der Waals surface area contributed by atoms with Gasteiger partial charge in [-0.05, 0) is 50.5 Å². The Morgan fingerprint density at radius 3 is 2.54 bits per heavy atom. The van der Waals surface area contributed by atoms with E-state index in [1.807, 2.05) is 0 Å². The summed E-state index contributed by atoms with van der Waals surface area (Å²) in [6, 6.07) is 5.82. The van der Waals surface area contributed by atoms with Crippen molar-refractivity contribution in [2.75, 3.05) is 0 Å². The number of hydrogen-bond acceptors (Lipinski definition) is 5. The number of aliphatic hydroxyl groups excluding tert-OH is 2. The average molecular weight is 337 g/mol. The maximum atomic E-state index is 13.0. The monoisotopic (exact) mass is 337 g/mol. The summed E-state index contributed by atoms with van der Waals surface area (Å²) in [5.74, 6) is -1.45. The Hall–Kier alpha value is -2.32. The van der Waals surface area contributed by atoms with E-state index in [-0.39, 0.29) is 12.2 Å². The predicted octanol–water partition coefficient (Wildman–Crippen LogP) is 1.23. The molecule has 1 aromatic heterocycles. The normalized spacial score (nSPS) is 13.7. The molecule has 0 fully saturated rings. The molecule has 130 valence electrons. The first-order valence-corrected chi connectivity index (χ1v) is 7.62. The third-order valence-corrected chi connectivity index (χ3v) is 3.70. The zero-order chi connectivity index (χ0) is 17.7. The van der Waals surface area contributed by atoms with Crippen molar-refractivity contribution in [2.24, 2.45) is 0 Å². The quantitative estimate of drug-likeness (QED) is 0.669. The van der Waals surface area contributed by atoms with Gasteiger partial charge in [-0.3, -0.25) is 4.79 Å². The van der Waals surface area contributed by atoms with Gasteiger partial charge in [0.1, 0.15) is 5.82 Å². The summed E-state index contributed by atoms with van der Waals surface area (Å²) in [5.41, 5.74) is 2.12. The lowest BCUT2D eigenvalue weighted by Gasteiger charge is -2.14. The first-order valence-electron chi connectivity index (χ1n) is 7.62. The van der Waals surface area contributed by atoms with E-state index in [0.29, 0.717) is 24.2 Å². The molecule has 0 amide bonds. The van der Waals surface area contributed by atoms with Crippen LogP contribution < -0.4 is 0 Å². The van der Waals surface area contributed by atoms with Crippen LogP contribution in [-0.4, -0.2) is 48.5 Å². The molecular formula is C16H20FN3O4. The van der Waals surface area contributed by atoms with Crippen LogP contribution in [0.4, 0.5) is 4.39 Å². The number of carbonyl (C=O) groups is 1. The molecular weight excluding hydrogens is 317 g/mol. The SMILES string of the molecule is Cc1nnn(-c2ccc(F)cc2)c1CCC(O)CC(O)CC(=O)O. The van der Waals surface area contributed by atoms with E-state index in [4.69, 9.17) is 5.11 Å². The molecule has 1 heterocycles. The zero-order valence-corrected chi connectivity index (χ0v) is 13.3. The Bertz CT molecular complexity index is 687. The Balaban J connectivity index is 2.01. The fourth-order valence-electron chi connectivity index (χ4n) is 2.47. The number of carboxylic acids is 1. The summed E-state index contributed by atoms with van der Waals surface area (Å²) >= 11 is 0. The zero-order valence-electron chi connectivity index (χ0n) is 13.3. The lowest BCUT2D eigenvalue weighted by atomic mass is 10.0. The van der Waals surface area contributed by atoms with Crippen LogP contribution in [0.2, 0.25) is 0 Å². The Morgan fingerprint density at radius 1 is 1.25 bits per heavy atom. The van der Waals surface area contributed by atoms with Gasteiger partial charge in [0, 0.05) is 0 Å². The molecule has 0 aliphatic heterocycles. The van der Waals surface area contributed by atoms with Gasteiger partial charge < -0.3 is 15.3 Å². The highest BCUT2D eigenvalue weighted by atomic mass is 19.1. The van der Waals surface area contributed by atoms with E-state index in [1.165, 1.54) is 12.1 Å². The highest BCUT2D eigenvalue weighted by Gasteiger charge is 2.17. The molecule has 2 atom stereocenters. The van der Waals surface area contributed by atoms with Crippen molar-refractivity contribution < 1.29 is 24.5 Å². The first kappa shape index (κ1) is 18.0. The Kier molecular flexibility index (Phi) is 5.99. The molecule has 2 aromatic rings. The van der Waals surface area contributed by atoms with Crippen molar-refractivity contribution in [3.05, 3.63) is 41.5 Å². The van der Waals surface area contributed by atoms with Crippen molar-refractivity contribution in [3.63, 3.8) is 0 Å². The van der Waals surface area contributed by atoms with Crippen LogP contribution in [0.25, 0.3) is 5.69 Å². The molecule has 0 aliphatic carbocycles. The van der Waals surface area contributed by atoms with Gasteiger partial charge in [0.25, 0.3) is 0 Å². The second-order valence-corrected chi connectivity index (χ2v) is 5.69. The second kappa shape index (κ2) is 7.98. The summed E-state index contributed by atoms with van der Waals surface area (Å²) in [6.07, 6.45) is -1.56. The number of aliphatic carboxylic acids is 1. The summed E-state index contributed by atoms with van der Waals surface area (Å²) in [4.78, 5) is 10.5.